The number of aromatic nitrogens is 3. The van der Waals surface area contributed by atoms with Gasteiger partial charge in [-0.15, -0.1) is 5.10 Å². The number of anilines is 2. The van der Waals surface area contributed by atoms with E-state index in [1.54, 1.807) is 22.9 Å². The number of fused-ring (bicyclic) bond motifs is 1. The standard InChI is InChI=1S/C26H19ClFN5O/c27-20-11-9-18(10-12-20)22-16-23(19-4-2-1-3-5-19)33-26(29-22)31-25(32-33)30-24(34)15-8-17-6-13-21(28)14-7-17/h1-16,23H,(H2,29,30,31,32,34)/b15-8+/t23-/m0/s1. The van der Waals surface area contributed by atoms with Crippen LogP contribution in [0.25, 0.3) is 11.8 Å². The highest BCUT2D eigenvalue weighted by molar-refractivity contribution is 6.30. The maximum Gasteiger partial charge on any atom is 0.250 e. The molecule has 0 radical (unpaired) electrons. The van der Waals surface area contributed by atoms with Gasteiger partial charge >= 0.3 is 0 Å². The van der Waals surface area contributed by atoms with Crippen LogP contribution in [0.5, 0.6) is 0 Å². The van der Waals surface area contributed by atoms with E-state index in [2.05, 4.69) is 26.8 Å². The highest BCUT2D eigenvalue weighted by Crippen LogP contribution is 2.33. The van der Waals surface area contributed by atoms with Gasteiger partial charge < -0.3 is 5.32 Å². The van der Waals surface area contributed by atoms with Crippen molar-refractivity contribution in [2.75, 3.05) is 10.6 Å². The lowest BCUT2D eigenvalue weighted by Crippen LogP contribution is -2.20. The Labute approximate surface area is 200 Å². The largest absolute Gasteiger partial charge is 0.324 e. The Morgan fingerprint density at radius 1 is 1.03 bits per heavy atom. The first-order chi connectivity index (χ1) is 16.5. The van der Waals surface area contributed by atoms with E-state index in [0.717, 1.165) is 16.8 Å². The van der Waals surface area contributed by atoms with Crippen molar-refractivity contribution in [3.63, 3.8) is 0 Å². The third-order valence-corrected chi connectivity index (χ3v) is 5.55. The molecule has 0 unspecified atom stereocenters. The summed E-state index contributed by atoms with van der Waals surface area (Å²) in [6, 6.07) is 23.1. The van der Waals surface area contributed by atoms with Crippen LogP contribution in [-0.4, -0.2) is 20.7 Å². The lowest BCUT2D eigenvalue weighted by molar-refractivity contribution is -0.111. The smallest absolute Gasteiger partial charge is 0.250 e. The van der Waals surface area contributed by atoms with Gasteiger partial charge in [0.15, 0.2) is 0 Å². The maximum absolute atomic E-state index is 13.1. The van der Waals surface area contributed by atoms with Gasteiger partial charge in [0.05, 0.1) is 0 Å². The number of allylic oxidation sites excluding steroid dienone is 1. The molecule has 0 fully saturated rings. The van der Waals surface area contributed by atoms with E-state index in [0.29, 0.717) is 16.5 Å². The maximum atomic E-state index is 13.1. The molecule has 168 valence electrons. The Kier molecular flexibility index (Phi) is 5.93. The van der Waals surface area contributed by atoms with Gasteiger partial charge in [0.2, 0.25) is 5.95 Å². The van der Waals surface area contributed by atoms with Crippen molar-refractivity contribution in [2.45, 2.75) is 6.04 Å². The number of benzene rings is 3. The predicted molar refractivity (Wildman–Crippen MR) is 132 cm³/mol. The summed E-state index contributed by atoms with van der Waals surface area (Å²) in [5.41, 5.74) is 3.54. The van der Waals surface area contributed by atoms with Gasteiger partial charge in [-0.1, -0.05) is 66.2 Å². The van der Waals surface area contributed by atoms with Crippen molar-refractivity contribution in [1.82, 2.24) is 14.8 Å². The van der Waals surface area contributed by atoms with Gasteiger partial charge in [-0.3, -0.25) is 10.1 Å². The van der Waals surface area contributed by atoms with E-state index in [1.807, 2.05) is 54.6 Å². The zero-order valence-electron chi connectivity index (χ0n) is 17.8. The molecular weight excluding hydrogens is 453 g/mol. The summed E-state index contributed by atoms with van der Waals surface area (Å²) >= 11 is 6.05. The minimum Gasteiger partial charge on any atom is -0.324 e. The molecule has 1 atom stereocenters. The van der Waals surface area contributed by atoms with Crippen molar-refractivity contribution in [3.05, 3.63) is 119 Å². The van der Waals surface area contributed by atoms with Crippen molar-refractivity contribution in [1.29, 1.82) is 0 Å². The molecule has 1 aliphatic rings. The average Bonchev–Trinajstić information content (AvgIpc) is 3.26. The lowest BCUT2D eigenvalue weighted by atomic mass is 10.0. The summed E-state index contributed by atoms with van der Waals surface area (Å²) in [6.07, 6.45) is 5.00. The number of nitrogens with one attached hydrogen (secondary N) is 2. The Morgan fingerprint density at radius 2 is 1.76 bits per heavy atom. The SMILES string of the molecule is O=C(/C=C/c1ccc(F)cc1)Nc1nc2n(n1)[C@H](c1ccccc1)C=C(c1ccc(Cl)cc1)N2. The van der Waals surface area contributed by atoms with Crippen molar-refractivity contribution >= 4 is 41.2 Å². The minimum atomic E-state index is -0.394. The lowest BCUT2D eigenvalue weighted by Gasteiger charge is -2.24. The molecule has 0 saturated heterocycles. The van der Waals surface area contributed by atoms with Crippen LogP contribution in [-0.2, 0) is 4.79 Å². The van der Waals surface area contributed by atoms with Gasteiger partial charge in [-0.05, 0) is 53.1 Å². The number of hydrogen-bond acceptors (Lipinski definition) is 4. The number of hydrogen-bond donors (Lipinski definition) is 2. The first kappa shape index (κ1) is 21.6. The Morgan fingerprint density at radius 3 is 2.50 bits per heavy atom. The number of rotatable bonds is 5. The highest BCUT2D eigenvalue weighted by Gasteiger charge is 2.25. The van der Waals surface area contributed by atoms with E-state index in [9.17, 15) is 9.18 Å². The second-order valence-electron chi connectivity index (χ2n) is 7.65. The highest BCUT2D eigenvalue weighted by atomic mass is 35.5. The number of amides is 1. The van der Waals surface area contributed by atoms with E-state index in [1.165, 1.54) is 18.2 Å². The van der Waals surface area contributed by atoms with Gasteiger partial charge in [0, 0.05) is 16.8 Å². The summed E-state index contributed by atoms with van der Waals surface area (Å²) in [4.78, 5) is 16.9. The number of nitrogens with zero attached hydrogens (tertiary/aromatic N) is 3. The predicted octanol–water partition coefficient (Wildman–Crippen LogP) is 5.78. The van der Waals surface area contributed by atoms with E-state index >= 15 is 0 Å². The van der Waals surface area contributed by atoms with Gasteiger partial charge in [-0.25, -0.2) is 9.07 Å². The van der Waals surface area contributed by atoms with E-state index < -0.39 is 5.91 Å². The van der Waals surface area contributed by atoms with Crippen molar-refractivity contribution in [2.24, 2.45) is 0 Å². The van der Waals surface area contributed by atoms with Crippen LogP contribution < -0.4 is 10.6 Å². The Bertz CT molecular complexity index is 1380. The molecule has 34 heavy (non-hydrogen) atoms. The monoisotopic (exact) mass is 471 g/mol. The van der Waals surface area contributed by atoms with Crippen LogP contribution in [0.15, 0.2) is 91.0 Å². The fourth-order valence-electron chi connectivity index (χ4n) is 3.63. The second-order valence-corrected chi connectivity index (χ2v) is 8.08. The van der Waals surface area contributed by atoms with Crippen LogP contribution in [0.3, 0.4) is 0 Å². The summed E-state index contributed by atoms with van der Waals surface area (Å²) < 4.78 is 14.8. The zero-order valence-corrected chi connectivity index (χ0v) is 18.6. The Hall–Kier alpha value is -4.23. The van der Waals surface area contributed by atoms with E-state index in [-0.39, 0.29) is 17.8 Å². The normalized spacial score (nSPS) is 14.9. The fourth-order valence-corrected chi connectivity index (χ4v) is 3.76. The summed E-state index contributed by atoms with van der Waals surface area (Å²) in [5.74, 6) is -0.0575. The molecular formula is C26H19ClFN5O. The van der Waals surface area contributed by atoms with E-state index in [4.69, 9.17) is 11.6 Å². The van der Waals surface area contributed by atoms with Gasteiger partial charge in [-0.2, -0.15) is 4.98 Å². The molecule has 0 bridgehead atoms. The van der Waals surface area contributed by atoms with Crippen molar-refractivity contribution < 1.29 is 9.18 Å². The van der Waals surface area contributed by atoms with Crippen LogP contribution in [0, 0.1) is 5.82 Å². The molecule has 3 aromatic carbocycles. The molecule has 1 aliphatic heterocycles. The molecule has 0 spiro atoms. The average molecular weight is 472 g/mol. The van der Waals surface area contributed by atoms with Crippen LogP contribution >= 0.6 is 11.6 Å². The minimum absolute atomic E-state index is 0.169. The molecule has 4 aromatic rings. The molecule has 2 heterocycles. The summed E-state index contributed by atoms with van der Waals surface area (Å²) in [6.45, 7) is 0. The van der Waals surface area contributed by atoms with Crippen molar-refractivity contribution in [3.8, 4) is 0 Å². The molecule has 5 rings (SSSR count). The van der Waals surface area contributed by atoms with Crippen LogP contribution in [0.1, 0.15) is 22.7 Å². The Balaban J connectivity index is 1.41. The molecule has 6 nitrogen and oxygen atoms in total. The molecule has 1 aromatic heterocycles. The molecule has 0 aliphatic carbocycles. The molecule has 1 amide bonds. The van der Waals surface area contributed by atoms with Gasteiger partial charge in [0.1, 0.15) is 11.9 Å². The second kappa shape index (κ2) is 9.33. The third-order valence-electron chi connectivity index (χ3n) is 5.29. The quantitative estimate of drug-likeness (QED) is 0.362. The molecule has 2 N–H and O–H groups in total. The summed E-state index contributed by atoms with van der Waals surface area (Å²) in [7, 11) is 0. The topological polar surface area (TPSA) is 71.8 Å². The van der Waals surface area contributed by atoms with Crippen LogP contribution in [0.2, 0.25) is 5.02 Å². The number of halogens is 2. The number of carbonyl (C=O) groups is 1. The molecule has 0 saturated carbocycles. The number of carbonyl (C=O) groups excluding carboxylic acids is 1. The van der Waals surface area contributed by atoms with Gasteiger partial charge in [0.25, 0.3) is 11.9 Å². The first-order valence-corrected chi connectivity index (χ1v) is 10.9. The zero-order chi connectivity index (χ0) is 23.5. The summed E-state index contributed by atoms with van der Waals surface area (Å²) in [5, 5.41) is 11.2. The molecule has 8 heteroatoms. The third kappa shape index (κ3) is 4.74. The fraction of sp³-hybridized carbons (Fsp3) is 0.0385. The first-order valence-electron chi connectivity index (χ1n) is 10.6. The van der Waals surface area contributed by atoms with Crippen LogP contribution in [0.4, 0.5) is 16.3 Å².